The van der Waals surface area contributed by atoms with Gasteiger partial charge in [-0.3, -0.25) is 29.9 Å². The lowest BCUT2D eigenvalue weighted by Gasteiger charge is -2.46. The molecule has 1 aromatic heterocycles. The van der Waals surface area contributed by atoms with Crippen LogP contribution in [-0.4, -0.2) is 132 Å². The molecule has 3 aliphatic rings. The minimum absolute atomic E-state index is 0.00558. The number of amides is 8. The lowest BCUT2D eigenvalue weighted by Crippen LogP contribution is -2.58. The van der Waals surface area contributed by atoms with Gasteiger partial charge in [0, 0.05) is 35.3 Å². The molecule has 0 spiro atoms. The molecule has 3 aromatic carbocycles. The average molecular weight is 986 g/mol. The van der Waals surface area contributed by atoms with Gasteiger partial charge in [0.1, 0.15) is 23.3 Å². The largest absolute Gasteiger partial charge is 0.477 e. The molecule has 8 amide bonds. The van der Waals surface area contributed by atoms with E-state index in [-0.39, 0.29) is 52.8 Å². The number of fused-ring (bicyclic) bond motifs is 1. The number of carboxylic acid groups (broad SMARTS) is 1. The van der Waals surface area contributed by atoms with Crippen LogP contribution in [0.4, 0.5) is 30.6 Å². The smallest absolute Gasteiger partial charge is 0.412 e. The Morgan fingerprint density at radius 3 is 2.28 bits per heavy atom. The first-order valence-electron chi connectivity index (χ1n) is 21.1. The first kappa shape index (κ1) is 49.2. The number of rotatable bonds is 15. The number of hydrogen-bond donors (Lipinski definition) is 6. The van der Waals surface area contributed by atoms with Crippen molar-refractivity contribution in [2.45, 2.75) is 60.2 Å². The summed E-state index contributed by atoms with van der Waals surface area (Å²) in [5.41, 5.74) is -1.30. The average Bonchev–Trinajstić information content (AvgIpc) is 3.91. The van der Waals surface area contributed by atoms with Gasteiger partial charge in [-0.2, -0.15) is 0 Å². The van der Waals surface area contributed by atoms with Crippen LogP contribution in [0.15, 0.2) is 95.3 Å². The van der Waals surface area contributed by atoms with E-state index >= 15 is 0 Å². The number of tetrazole rings is 1. The number of nitrogens with one attached hydrogen (secondary N) is 5. The van der Waals surface area contributed by atoms with Gasteiger partial charge in [0.05, 0.1) is 38.0 Å². The van der Waals surface area contributed by atoms with Crippen LogP contribution in [0.2, 0.25) is 0 Å². The van der Waals surface area contributed by atoms with Gasteiger partial charge >= 0.3 is 36.2 Å². The standard InChI is InChI=1S/C44H47N11O12S2/c1-43(2,3)67-42(64)48-29-18-12-10-16-27(29)44(37(60)65-5,24-13-7-6-8-14-24)23-66-41(63)47-28-17-11-9-15-25(28)30-21-54(39(62)46-30)38(61)45-20-31(56)49-35-26(22-68-40-50-51-52-53(40)4)34(36(58)59)55-32(57)19-33(55)69-35/h6-18,30,33,35H,19-23H2,1-5H3,(H,45,61)(H,46,62)(H,47,63)(H,48,64)(H,49,56)(H,58,59)/t30?,33-,35+,44?/m0/s1. The lowest BCUT2D eigenvalue weighted by atomic mass is 9.74. The predicted octanol–water partition coefficient (Wildman–Crippen LogP) is 3.92. The zero-order valence-corrected chi connectivity index (χ0v) is 39.3. The van der Waals surface area contributed by atoms with E-state index in [2.05, 4.69) is 42.1 Å². The third-order valence-electron chi connectivity index (χ3n) is 10.9. The second kappa shape index (κ2) is 20.7. The van der Waals surface area contributed by atoms with Crippen molar-refractivity contribution in [2.24, 2.45) is 7.05 Å². The number of aliphatic carboxylic acids is 1. The number of aromatic nitrogens is 4. The number of para-hydroxylation sites is 2. The van der Waals surface area contributed by atoms with E-state index in [1.54, 1.807) is 107 Å². The van der Waals surface area contributed by atoms with E-state index in [0.717, 1.165) is 16.7 Å². The van der Waals surface area contributed by atoms with Crippen LogP contribution in [0.1, 0.15) is 49.9 Å². The van der Waals surface area contributed by atoms with Gasteiger partial charge in [0.15, 0.2) is 5.41 Å². The van der Waals surface area contributed by atoms with Crippen LogP contribution in [0.3, 0.4) is 0 Å². The zero-order chi connectivity index (χ0) is 49.6. The molecule has 0 radical (unpaired) electrons. The third-order valence-corrected chi connectivity index (χ3v) is 13.3. The maximum atomic E-state index is 14.0. The molecule has 25 heteroatoms. The topological polar surface area (TPSA) is 295 Å². The number of anilines is 2. The second-order valence-electron chi connectivity index (χ2n) is 16.6. The number of methoxy groups -OCH3 is 1. The van der Waals surface area contributed by atoms with Crippen LogP contribution in [0, 0.1) is 0 Å². The van der Waals surface area contributed by atoms with Crippen molar-refractivity contribution in [3.8, 4) is 0 Å². The number of nitrogens with zero attached hydrogens (tertiary/aromatic N) is 6. The summed E-state index contributed by atoms with van der Waals surface area (Å²) in [6.07, 6.45) is -1.72. The number of carboxylic acids is 1. The Labute approximate surface area is 402 Å². The number of urea groups is 2. The number of hydrogen-bond acceptors (Lipinski definition) is 16. The number of thioether (sulfide) groups is 2. The molecule has 2 unspecified atom stereocenters. The van der Waals surface area contributed by atoms with E-state index in [1.807, 2.05) is 0 Å². The molecule has 0 bridgehead atoms. The molecule has 2 saturated heterocycles. The minimum Gasteiger partial charge on any atom is -0.477 e. The Bertz CT molecular complexity index is 2710. The number of imide groups is 1. The highest BCUT2D eigenvalue weighted by molar-refractivity contribution is 8.01. The number of esters is 1. The highest BCUT2D eigenvalue weighted by Crippen LogP contribution is 2.44. The summed E-state index contributed by atoms with van der Waals surface area (Å²) in [7, 11) is 2.78. The van der Waals surface area contributed by atoms with Gasteiger partial charge in [-0.1, -0.05) is 78.5 Å². The van der Waals surface area contributed by atoms with Gasteiger partial charge in [-0.15, -0.1) is 16.9 Å². The molecule has 0 saturated carbocycles. The summed E-state index contributed by atoms with van der Waals surface area (Å²) in [5, 5.41) is 33.6. The Morgan fingerprint density at radius 2 is 1.61 bits per heavy atom. The number of aryl methyl sites for hydroxylation is 1. The molecule has 4 atom stereocenters. The molecule has 69 heavy (non-hydrogen) atoms. The van der Waals surface area contributed by atoms with E-state index in [4.69, 9.17) is 14.2 Å². The van der Waals surface area contributed by atoms with Crippen molar-refractivity contribution < 1.29 is 57.7 Å². The predicted molar refractivity (Wildman–Crippen MR) is 247 cm³/mol. The van der Waals surface area contributed by atoms with Gasteiger partial charge in [-0.05, 0) is 54.5 Å². The zero-order valence-electron chi connectivity index (χ0n) is 37.7. The number of β-lactam (4-membered cyclic amide) rings is 1. The Balaban J connectivity index is 1.01. The molecule has 0 aliphatic carbocycles. The number of carbonyl (C=O) groups is 8. The lowest BCUT2D eigenvalue weighted by molar-refractivity contribution is -0.147. The third kappa shape index (κ3) is 10.9. The molecule has 23 nitrogen and oxygen atoms in total. The number of benzene rings is 3. The molecular formula is C44H47N11O12S2. The maximum absolute atomic E-state index is 14.0. The van der Waals surface area contributed by atoms with E-state index in [0.29, 0.717) is 16.3 Å². The quantitative estimate of drug-likeness (QED) is 0.0426. The van der Waals surface area contributed by atoms with Crippen LogP contribution in [-0.2, 0) is 45.9 Å². The fraction of sp³-hybridized carbons (Fsp3) is 0.341. The summed E-state index contributed by atoms with van der Waals surface area (Å²) in [6, 6.07) is 18.8. The van der Waals surface area contributed by atoms with E-state index in [9.17, 15) is 43.5 Å². The van der Waals surface area contributed by atoms with Crippen LogP contribution in [0.25, 0.3) is 0 Å². The van der Waals surface area contributed by atoms with Crippen molar-refractivity contribution in [1.82, 2.24) is 46.0 Å². The normalized spacial score (nSPS) is 18.4. The van der Waals surface area contributed by atoms with Crippen molar-refractivity contribution in [3.63, 3.8) is 0 Å². The maximum Gasteiger partial charge on any atom is 0.412 e. The minimum atomic E-state index is -1.81. The highest BCUT2D eigenvalue weighted by atomic mass is 32.2. The summed E-state index contributed by atoms with van der Waals surface area (Å²) in [6.45, 7) is 3.67. The summed E-state index contributed by atoms with van der Waals surface area (Å²) in [5.74, 6) is -3.23. The van der Waals surface area contributed by atoms with Gasteiger partial charge in [-0.25, -0.2) is 33.6 Å². The second-order valence-corrected chi connectivity index (χ2v) is 18.8. The van der Waals surface area contributed by atoms with Crippen molar-refractivity contribution in [3.05, 3.63) is 107 Å². The number of ether oxygens (including phenoxy) is 3. The SMILES string of the molecule is COC(=O)C(COC(=O)Nc1ccccc1C1CN(C(=O)NCC(=O)N[C@@H]2S[C@H]3CC(=O)N3C(C(=O)O)=C2CSc2nnnn2C)C(=O)N1)(c1ccccc1)c1ccccc1NC(=O)OC(C)(C)C. The highest BCUT2D eigenvalue weighted by Gasteiger charge is 2.50. The molecule has 6 N–H and O–H groups in total. The Kier molecular flexibility index (Phi) is 14.8. The fourth-order valence-electron chi connectivity index (χ4n) is 7.72. The molecule has 2 fully saturated rings. The monoisotopic (exact) mass is 985 g/mol. The van der Waals surface area contributed by atoms with Crippen molar-refractivity contribution in [2.75, 3.05) is 43.2 Å². The molecular weight excluding hydrogens is 939 g/mol. The molecule has 4 aromatic rings. The Morgan fingerprint density at radius 1 is 0.928 bits per heavy atom. The summed E-state index contributed by atoms with van der Waals surface area (Å²) in [4.78, 5) is 108. The molecule has 4 heterocycles. The van der Waals surface area contributed by atoms with E-state index < -0.39 is 83.1 Å². The van der Waals surface area contributed by atoms with Gasteiger partial charge < -0.3 is 35.3 Å². The molecule has 362 valence electrons. The summed E-state index contributed by atoms with van der Waals surface area (Å²) >= 11 is 2.28. The van der Waals surface area contributed by atoms with Crippen LogP contribution in [0.5, 0.6) is 0 Å². The van der Waals surface area contributed by atoms with Crippen molar-refractivity contribution >= 4 is 82.9 Å². The van der Waals surface area contributed by atoms with E-state index in [1.165, 1.54) is 28.5 Å². The Hall–Kier alpha value is -7.67. The van der Waals surface area contributed by atoms with Gasteiger partial charge in [0.2, 0.25) is 17.0 Å². The first-order valence-corrected chi connectivity index (χ1v) is 23.0. The number of carbonyl (C=O) groups excluding carboxylic acids is 7. The molecule has 7 rings (SSSR count). The first-order chi connectivity index (χ1) is 32.9. The van der Waals surface area contributed by atoms with Crippen LogP contribution >= 0.6 is 23.5 Å². The molecule has 3 aliphatic heterocycles. The van der Waals surface area contributed by atoms with Gasteiger partial charge in [0.25, 0.3) is 0 Å². The fourth-order valence-corrected chi connectivity index (χ4v) is 10.2. The van der Waals surface area contributed by atoms with Crippen LogP contribution < -0.4 is 26.6 Å². The van der Waals surface area contributed by atoms with Crippen molar-refractivity contribution in [1.29, 1.82) is 0 Å². The summed E-state index contributed by atoms with van der Waals surface area (Å²) < 4.78 is 18.0.